The highest BCUT2D eigenvalue weighted by Gasteiger charge is 2.02. The number of nitrogens with zero attached hydrogens (tertiary/aromatic N) is 2. The molecular formula is C16H14N2O2. The Morgan fingerprint density at radius 3 is 2.70 bits per heavy atom. The molecule has 2 aromatic rings. The molecule has 100 valence electrons. The number of methoxy groups -OCH3 is 1. The molecule has 0 amide bonds. The molecule has 0 spiro atoms. The molecule has 4 heteroatoms. The molecule has 0 atom stereocenters. The summed E-state index contributed by atoms with van der Waals surface area (Å²) in [5.41, 5.74) is 2.36. The van der Waals surface area contributed by atoms with Crippen LogP contribution in [0.25, 0.3) is 6.08 Å². The van der Waals surface area contributed by atoms with Gasteiger partial charge in [-0.2, -0.15) is 5.10 Å². The summed E-state index contributed by atoms with van der Waals surface area (Å²) >= 11 is 0. The van der Waals surface area contributed by atoms with Crippen molar-refractivity contribution in [3.05, 3.63) is 59.4 Å². The van der Waals surface area contributed by atoms with Crippen molar-refractivity contribution < 1.29 is 9.53 Å². The van der Waals surface area contributed by atoms with Crippen molar-refractivity contribution in [2.24, 2.45) is 7.05 Å². The summed E-state index contributed by atoms with van der Waals surface area (Å²) in [5.74, 6) is 5.58. The van der Waals surface area contributed by atoms with E-state index in [4.69, 9.17) is 0 Å². The topological polar surface area (TPSA) is 44.1 Å². The third kappa shape index (κ3) is 3.59. The van der Waals surface area contributed by atoms with Crippen LogP contribution in [0.1, 0.15) is 21.5 Å². The highest BCUT2D eigenvalue weighted by Crippen LogP contribution is 2.04. The maximum Gasteiger partial charge on any atom is 0.337 e. The van der Waals surface area contributed by atoms with Crippen molar-refractivity contribution in [3.63, 3.8) is 0 Å². The van der Waals surface area contributed by atoms with Gasteiger partial charge in [-0.15, -0.1) is 0 Å². The fourth-order valence-corrected chi connectivity index (χ4v) is 1.60. The number of rotatable bonds is 2. The van der Waals surface area contributed by atoms with Crippen LogP contribution in [0.2, 0.25) is 0 Å². The van der Waals surface area contributed by atoms with E-state index in [1.54, 1.807) is 41.2 Å². The average Bonchev–Trinajstić information content (AvgIpc) is 2.89. The molecule has 20 heavy (non-hydrogen) atoms. The van der Waals surface area contributed by atoms with Gasteiger partial charge < -0.3 is 4.74 Å². The van der Waals surface area contributed by atoms with Crippen LogP contribution in [0.3, 0.4) is 0 Å². The number of hydrogen-bond acceptors (Lipinski definition) is 3. The number of benzene rings is 1. The Kier molecular flexibility index (Phi) is 4.35. The van der Waals surface area contributed by atoms with E-state index in [1.165, 1.54) is 7.11 Å². The highest BCUT2D eigenvalue weighted by atomic mass is 16.5. The zero-order valence-corrected chi connectivity index (χ0v) is 11.3. The number of carbonyl (C=O) groups excluding carboxylic acids is 1. The molecular weight excluding hydrogens is 252 g/mol. The van der Waals surface area contributed by atoms with Gasteiger partial charge in [-0.05, 0) is 36.4 Å². The Labute approximate surface area is 117 Å². The maximum atomic E-state index is 11.3. The molecule has 0 aliphatic heterocycles. The lowest BCUT2D eigenvalue weighted by Crippen LogP contribution is -2.00. The first-order valence-electron chi connectivity index (χ1n) is 6.04. The molecule has 0 fully saturated rings. The lowest BCUT2D eigenvalue weighted by atomic mass is 10.1. The van der Waals surface area contributed by atoms with E-state index in [1.807, 2.05) is 19.3 Å². The molecule has 0 N–H and O–H groups in total. The molecule has 1 aromatic heterocycles. The molecule has 1 heterocycles. The van der Waals surface area contributed by atoms with Crippen molar-refractivity contribution in [1.29, 1.82) is 0 Å². The third-order valence-corrected chi connectivity index (χ3v) is 2.61. The summed E-state index contributed by atoms with van der Waals surface area (Å²) in [6.45, 7) is 0. The van der Waals surface area contributed by atoms with Gasteiger partial charge in [-0.1, -0.05) is 11.8 Å². The maximum absolute atomic E-state index is 11.3. The zero-order chi connectivity index (χ0) is 14.4. The van der Waals surface area contributed by atoms with Gasteiger partial charge in [0.05, 0.1) is 18.9 Å². The number of ether oxygens (including phenoxy) is 1. The Hall–Kier alpha value is -2.80. The summed E-state index contributed by atoms with van der Waals surface area (Å²) in [5, 5.41) is 4.06. The van der Waals surface area contributed by atoms with Crippen molar-refractivity contribution >= 4 is 12.0 Å². The van der Waals surface area contributed by atoms with E-state index in [-0.39, 0.29) is 5.97 Å². The summed E-state index contributed by atoms with van der Waals surface area (Å²) < 4.78 is 6.37. The number of hydrogen-bond donors (Lipinski definition) is 0. The van der Waals surface area contributed by atoms with Crippen LogP contribution >= 0.6 is 0 Å². The van der Waals surface area contributed by atoms with Gasteiger partial charge in [0, 0.05) is 24.4 Å². The molecule has 0 saturated heterocycles. The highest BCUT2D eigenvalue weighted by molar-refractivity contribution is 5.89. The van der Waals surface area contributed by atoms with Crippen molar-refractivity contribution in [3.8, 4) is 11.8 Å². The quantitative estimate of drug-likeness (QED) is 0.618. The van der Waals surface area contributed by atoms with Gasteiger partial charge in [0.25, 0.3) is 0 Å². The van der Waals surface area contributed by atoms with E-state index >= 15 is 0 Å². The molecule has 0 unspecified atom stereocenters. The second-order valence-corrected chi connectivity index (χ2v) is 4.12. The van der Waals surface area contributed by atoms with E-state index in [2.05, 4.69) is 21.7 Å². The number of carbonyl (C=O) groups is 1. The zero-order valence-electron chi connectivity index (χ0n) is 11.3. The lowest BCUT2D eigenvalue weighted by Gasteiger charge is -1.97. The molecule has 0 aliphatic rings. The minimum atomic E-state index is -0.346. The molecule has 0 saturated carbocycles. The Morgan fingerprint density at radius 2 is 2.10 bits per heavy atom. The SMILES string of the molecule is COC(=O)c1ccc(C#CC=Cc2cnn(C)c2)cc1. The molecule has 0 bridgehead atoms. The van der Waals surface area contributed by atoms with Crippen molar-refractivity contribution in [2.75, 3.05) is 7.11 Å². The van der Waals surface area contributed by atoms with E-state index in [9.17, 15) is 4.79 Å². The second kappa shape index (κ2) is 6.39. The first-order valence-corrected chi connectivity index (χ1v) is 6.04. The number of esters is 1. The number of allylic oxidation sites excluding steroid dienone is 1. The third-order valence-electron chi connectivity index (χ3n) is 2.61. The van der Waals surface area contributed by atoms with Crippen LogP contribution in [0.15, 0.2) is 42.7 Å². The lowest BCUT2D eigenvalue weighted by molar-refractivity contribution is 0.0601. The summed E-state index contributed by atoms with van der Waals surface area (Å²) in [6, 6.07) is 6.97. The van der Waals surface area contributed by atoms with Gasteiger partial charge in [-0.25, -0.2) is 4.79 Å². The Bertz CT molecular complexity index is 685. The summed E-state index contributed by atoms with van der Waals surface area (Å²) in [4.78, 5) is 11.3. The second-order valence-electron chi connectivity index (χ2n) is 4.12. The molecule has 2 rings (SSSR count). The minimum absolute atomic E-state index is 0.346. The van der Waals surface area contributed by atoms with Crippen LogP contribution in [0, 0.1) is 11.8 Å². The van der Waals surface area contributed by atoms with Crippen molar-refractivity contribution in [1.82, 2.24) is 9.78 Å². The standard InChI is InChI=1S/C16H14N2O2/c1-18-12-14(11-17-18)6-4-3-5-13-7-9-15(10-8-13)16(19)20-2/h4,6-12H,1-2H3. The number of aromatic nitrogens is 2. The van der Waals surface area contributed by atoms with E-state index in [0.717, 1.165) is 11.1 Å². The minimum Gasteiger partial charge on any atom is -0.465 e. The fraction of sp³-hybridized carbons (Fsp3) is 0.125. The largest absolute Gasteiger partial charge is 0.465 e. The predicted molar refractivity (Wildman–Crippen MR) is 76.9 cm³/mol. The van der Waals surface area contributed by atoms with Gasteiger partial charge >= 0.3 is 5.97 Å². The van der Waals surface area contributed by atoms with E-state index in [0.29, 0.717) is 5.56 Å². The summed E-state index contributed by atoms with van der Waals surface area (Å²) in [6.07, 6.45) is 7.33. The normalized spacial score (nSPS) is 10.1. The van der Waals surface area contributed by atoms with Crippen LogP contribution in [-0.4, -0.2) is 22.9 Å². The molecule has 4 nitrogen and oxygen atoms in total. The van der Waals surface area contributed by atoms with Crippen LogP contribution in [0.5, 0.6) is 0 Å². The van der Waals surface area contributed by atoms with Crippen molar-refractivity contribution in [2.45, 2.75) is 0 Å². The Balaban J connectivity index is 2.02. The summed E-state index contributed by atoms with van der Waals surface area (Å²) in [7, 11) is 3.23. The van der Waals surface area contributed by atoms with Gasteiger partial charge in [-0.3, -0.25) is 4.68 Å². The van der Waals surface area contributed by atoms with Gasteiger partial charge in [0.1, 0.15) is 0 Å². The fourth-order valence-electron chi connectivity index (χ4n) is 1.60. The van der Waals surface area contributed by atoms with Gasteiger partial charge in [0.15, 0.2) is 0 Å². The van der Waals surface area contributed by atoms with Crippen LogP contribution in [0.4, 0.5) is 0 Å². The molecule has 0 radical (unpaired) electrons. The monoisotopic (exact) mass is 266 g/mol. The first-order chi connectivity index (χ1) is 9.69. The van der Waals surface area contributed by atoms with Crippen LogP contribution in [-0.2, 0) is 11.8 Å². The first kappa shape index (κ1) is 13.6. The molecule has 0 aliphatic carbocycles. The predicted octanol–water partition coefficient (Wildman–Crippen LogP) is 2.27. The molecule has 1 aromatic carbocycles. The average molecular weight is 266 g/mol. The van der Waals surface area contributed by atoms with Gasteiger partial charge in [0.2, 0.25) is 0 Å². The smallest absolute Gasteiger partial charge is 0.337 e. The van der Waals surface area contributed by atoms with Crippen LogP contribution < -0.4 is 0 Å². The Morgan fingerprint density at radius 1 is 1.35 bits per heavy atom. The number of aryl methyl sites for hydroxylation is 1. The van der Waals surface area contributed by atoms with E-state index < -0.39 is 0 Å².